The first-order chi connectivity index (χ1) is 3.29. The summed E-state index contributed by atoms with van der Waals surface area (Å²) in [4.78, 5) is 3.99. The first-order valence-electron chi connectivity index (χ1n) is 1.87. The van der Waals surface area contributed by atoms with Gasteiger partial charge in [-0.05, 0) is 22.9 Å². The van der Waals surface area contributed by atoms with Gasteiger partial charge in [0.25, 0.3) is 0 Å². The highest BCUT2D eigenvalue weighted by Gasteiger charge is 1.88. The van der Waals surface area contributed by atoms with Gasteiger partial charge in [-0.1, -0.05) is 0 Å². The Morgan fingerprint density at radius 1 is 1.86 bits per heavy atom. The van der Waals surface area contributed by atoms with Gasteiger partial charge in [0.05, 0.1) is 15.0 Å². The summed E-state index contributed by atoms with van der Waals surface area (Å²) in [6.45, 7) is 1.98. The van der Waals surface area contributed by atoms with Gasteiger partial charge >= 0.3 is 0 Å². The van der Waals surface area contributed by atoms with E-state index in [4.69, 9.17) is 0 Å². The Labute approximate surface area is 54.5 Å². The highest BCUT2D eigenvalue weighted by atomic mass is 79.9. The molecular formula is C4H4BrNS. The van der Waals surface area contributed by atoms with E-state index >= 15 is 0 Å². The molecule has 1 nitrogen and oxygen atoms in total. The van der Waals surface area contributed by atoms with Crippen molar-refractivity contribution in [3.8, 4) is 0 Å². The predicted molar refractivity (Wildman–Crippen MR) is 34.6 cm³/mol. The lowest BCUT2D eigenvalue weighted by Gasteiger charge is -1.67. The molecule has 0 atom stereocenters. The number of nitrogens with zero attached hydrogens (tertiary/aromatic N) is 1. The van der Waals surface area contributed by atoms with E-state index in [0.717, 1.165) is 8.79 Å². The largest absolute Gasteiger partial charge is 0.249 e. The number of hydrogen-bond acceptors (Lipinski definition) is 2. The molecule has 0 spiro atoms. The second kappa shape index (κ2) is 1.92. The number of aryl methyl sites for hydroxylation is 1. The summed E-state index contributed by atoms with van der Waals surface area (Å²) in [5, 5.41) is 1.10. The summed E-state index contributed by atoms with van der Waals surface area (Å²) in [6, 6.07) is 0. The number of rotatable bonds is 0. The average Bonchev–Trinajstić information content (AvgIpc) is 1.87. The van der Waals surface area contributed by atoms with Crippen molar-refractivity contribution in [3.05, 3.63) is 15.0 Å². The molecule has 0 aromatic carbocycles. The molecule has 0 amide bonds. The van der Waals surface area contributed by atoms with Crippen LogP contribution in [0.5, 0.6) is 0 Å². The summed E-state index contributed by atoms with van der Waals surface area (Å²) < 4.78 is 1.10. The van der Waals surface area contributed by atoms with Crippen LogP contribution in [-0.4, -0.2) is 4.98 Å². The minimum absolute atomic E-state index is 1.10. The lowest BCUT2D eigenvalue weighted by molar-refractivity contribution is 1.29. The summed E-state index contributed by atoms with van der Waals surface area (Å²) in [5.41, 5.74) is 0. The lowest BCUT2D eigenvalue weighted by Crippen LogP contribution is -1.56. The molecule has 0 radical (unpaired) electrons. The van der Waals surface area contributed by atoms with Crippen molar-refractivity contribution in [1.82, 2.24) is 4.98 Å². The van der Waals surface area contributed by atoms with Crippen LogP contribution in [0.25, 0.3) is 0 Å². The Kier molecular flexibility index (Phi) is 1.44. The number of halogens is 1. The van der Waals surface area contributed by atoms with E-state index in [1.54, 1.807) is 17.5 Å². The van der Waals surface area contributed by atoms with Gasteiger partial charge in [0.15, 0.2) is 0 Å². The Morgan fingerprint density at radius 2 is 2.57 bits per heavy atom. The predicted octanol–water partition coefficient (Wildman–Crippen LogP) is 2.21. The summed E-state index contributed by atoms with van der Waals surface area (Å²) in [7, 11) is 0. The molecule has 0 fully saturated rings. The number of hydrogen-bond donors (Lipinski definition) is 0. The van der Waals surface area contributed by atoms with E-state index in [2.05, 4.69) is 20.9 Å². The third-order valence-corrected chi connectivity index (χ3v) is 1.98. The minimum atomic E-state index is 1.10. The molecule has 1 heterocycles. The third-order valence-electron chi connectivity index (χ3n) is 0.593. The maximum absolute atomic E-state index is 3.99. The minimum Gasteiger partial charge on any atom is -0.249 e. The number of aromatic nitrogens is 1. The summed E-state index contributed by atoms with van der Waals surface area (Å²) in [5.74, 6) is 0. The maximum atomic E-state index is 3.99. The van der Waals surface area contributed by atoms with Gasteiger partial charge in [-0.3, -0.25) is 0 Å². The Balaban J connectivity index is 3.04. The highest BCUT2D eigenvalue weighted by molar-refractivity contribution is 9.11. The van der Waals surface area contributed by atoms with Crippen molar-refractivity contribution in [2.45, 2.75) is 6.92 Å². The van der Waals surface area contributed by atoms with Gasteiger partial charge in [-0.2, -0.15) is 0 Å². The molecule has 0 saturated heterocycles. The molecule has 0 aliphatic heterocycles. The Morgan fingerprint density at radius 3 is 2.71 bits per heavy atom. The van der Waals surface area contributed by atoms with E-state index in [-0.39, 0.29) is 0 Å². The molecule has 0 bridgehead atoms. The fourth-order valence-corrected chi connectivity index (χ4v) is 1.63. The molecule has 3 heteroatoms. The lowest BCUT2D eigenvalue weighted by atomic mass is 11.0. The molecule has 0 N–H and O–H groups in total. The Hall–Kier alpha value is 0.110. The molecule has 1 aromatic heterocycles. The molecule has 0 saturated carbocycles. The molecule has 7 heavy (non-hydrogen) atoms. The molecular weight excluding hydrogens is 175 g/mol. The zero-order valence-electron chi connectivity index (χ0n) is 3.81. The maximum Gasteiger partial charge on any atom is 0.0905 e. The summed E-state index contributed by atoms with van der Waals surface area (Å²) >= 11 is 4.94. The van der Waals surface area contributed by atoms with Gasteiger partial charge in [-0.25, -0.2) is 4.98 Å². The van der Waals surface area contributed by atoms with Crippen LogP contribution in [-0.2, 0) is 0 Å². The van der Waals surface area contributed by atoms with Crippen LogP contribution in [0.4, 0.5) is 0 Å². The summed E-state index contributed by atoms with van der Waals surface area (Å²) in [6.07, 6.45) is 1.81. The van der Waals surface area contributed by atoms with Crippen molar-refractivity contribution in [2.75, 3.05) is 0 Å². The molecule has 0 aliphatic carbocycles. The van der Waals surface area contributed by atoms with E-state index in [0.29, 0.717) is 0 Å². The van der Waals surface area contributed by atoms with E-state index in [9.17, 15) is 0 Å². The van der Waals surface area contributed by atoms with E-state index < -0.39 is 0 Å². The smallest absolute Gasteiger partial charge is 0.0905 e. The molecule has 38 valence electrons. The SMILES string of the molecule is [13CH3]c1ncc(Br)s1. The van der Waals surface area contributed by atoms with Crippen LogP contribution >= 0.6 is 27.3 Å². The van der Waals surface area contributed by atoms with Crippen molar-refractivity contribution in [1.29, 1.82) is 0 Å². The van der Waals surface area contributed by atoms with Crippen LogP contribution in [0.2, 0.25) is 0 Å². The third kappa shape index (κ3) is 1.24. The number of thiazole rings is 1. The zero-order chi connectivity index (χ0) is 5.28. The molecule has 1 rings (SSSR count). The average molecular weight is 179 g/mol. The first kappa shape index (κ1) is 5.25. The van der Waals surface area contributed by atoms with Crippen molar-refractivity contribution in [2.24, 2.45) is 0 Å². The zero-order valence-corrected chi connectivity index (χ0v) is 6.21. The van der Waals surface area contributed by atoms with Gasteiger partial charge in [-0.15, -0.1) is 11.3 Å². The van der Waals surface area contributed by atoms with Gasteiger partial charge < -0.3 is 0 Å². The second-order valence-corrected chi connectivity index (χ2v) is 3.80. The fraction of sp³-hybridized carbons (Fsp3) is 0.250. The van der Waals surface area contributed by atoms with Gasteiger partial charge in [0.2, 0.25) is 0 Å². The monoisotopic (exact) mass is 178 g/mol. The molecule has 1 aromatic rings. The topological polar surface area (TPSA) is 12.9 Å². The van der Waals surface area contributed by atoms with Crippen LogP contribution in [0.15, 0.2) is 9.98 Å². The highest BCUT2D eigenvalue weighted by Crippen LogP contribution is 2.17. The van der Waals surface area contributed by atoms with Gasteiger partial charge in [0, 0.05) is 0 Å². The van der Waals surface area contributed by atoms with Gasteiger partial charge in [0.1, 0.15) is 0 Å². The van der Waals surface area contributed by atoms with Crippen LogP contribution in [0.3, 0.4) is 0 Å². The second-order valence-electron chi connectivity index (χ2n) is 1.18. The normalized spacial score (nSPS) is 9.43. The standard InChI is InChI=1S/C4H4BrNS/c1-3-6-2-4(5)7-3/h2H,1H3/i1+1. The van der Waals surface area contributed by atoms with Crippen molar-refractivity contribution in [3.63, 3.8) is 0 Å². The van der Waals surface area contributed by atoms with E-state index in [1.165, 1.54) is 0 Å². The fourth-order valence-electron chi connectivity index (χ4n) is 0.335. The van der Waals surface area contributed by atoms with Crippen LogP contribution < -0.4 is 0 Å². The molecule has 0 unspecified atom stereocenters. The van der Waals surface area contributed by atoms with Crippen molar-refractivity contribution >= 4 is 27.3 Å². The van der Waals surface area contributed by atoms with Crippen LogP contribution in [0, 0.1) is 6.92 Å². The molecule has 0 aliphatic rings. The first-order valence-corrected chi connectivity index (χ1v) is 3.48. The quantitative estimate of drug-likeness (QED) is 0.556. The van der Waals surface area contributed by atoms with Crippen LogP contribution in [0.1, 0.15) is 5.01 Å². The van der Waals surface area contributed by atoms with E-state index in [1.807, 2.05) is 6.92 Å². The Bertz CT molecular complexity index is 144. The van der Waals surface area contributed by atoms with Crippen molar-refractivity contribution < 1.29 is 0 Å².